The third kappa shape index (κ3) is 6.46. The predicted molar refractivity (Wildman–Crippen MR) is 92.5 cm³/mol. The first-order valence-electron chi connectivity index (χ1n) is 7.72. The lowest BCUT2D eigenvalue weighted by Gasteiger charge is -2.03. The fraction of sp³-hybridized carbons (Fsp3) is 0.375. The number of hydrogen-bond acceptors (Lipinski definition) is 7. The first-order chi connectivity index (χ1) is 12.1. The van der Waals surface area contributed by atoms with E-state index in [4.69, 9.17) is 9.15 Å². The molecular weight excluding hydrogens is 344 g/mol. The van der Waals surface area contributed by atoms with Crippen LogP contribution in [0.1, 0.15) is 18.4 Å². The molecule has 2 amide bonds. The molecule has 0 spiro atoms. The van der Waals surface area contributed by atoms with Crippen LogP contribution in [0.5, 0.6) is 5.75 Å². The van der Waals surface area contributed by atoms with Crippen molar-refractivity contribution in [3.63, 3.8) is 0 Å². The van der Waals surface area contributed by atoms with Crippen LogP contribution in [0.3, 0.4) is 0 Å². The van der Waals surface area contributed by atoms with Crippen LogP contribution in [0.25, 0.3) is 0 Å². The summed E-state index contributed by atoms with van der Waals surface area (Å²) in [6, 6.07) is 7.57. The highest BCUT2D eigenvalue weighted by Gasteiger charge is 2.11. The Hall–Kier alpha value is -2.55. The van der Waals surface area contributed by atoms with E-state index in [1.807, 2.05) is 31.2 Å². The van der Waals surface area contributed by atoms with Crippen LogP contribution < -0.4 is 15.4 Å². The number of methoxy groups -OCH3 is 1. The van der Waals surface area contributed by atoms with Gasteiger partial charge in [-0.15, -0.1) is 10.2 Å². The molecular formula is C16H20N4O4S. The van der Waals surface area contributed by atoms with Crippen molar-refractivity contribution < 1.29 is 18.7 Å². The van der Waals surface area contributed by atoms with E-state index >= 15 is 0 Å². The van der Waals surface area contributed by atoms with Crippen LogP contribution in [-0.2, 0) is 16.0 Å². The fourth-order valence-corrected chi connectivity index (χ4v) is 2.51. The standard InChI is InChI=1S/C16H20N4O4S/c1-3-17-13(21)9-18-14(22)10-25-16-20-19-15(24-16)8-11-4-6-12(23-2)7-5-11/h4-7H,3,8-10H2,1-2H3,(H,17,21)(H,18,22). The molecule has 1 aromatic carbocycles. The number of hydrogen-bond donors (Lipinski definition) is 2. The second-order valence-electron chi connectivity index (χ2n) is 5.01. The van der Waals surface area contributed by atoms with Crippen LogP contribution in [0.15, 0.2) is 33.9 Å². The zero-order valence-corrected chi connectivity index (χ0v) is 14.9. The molecule has 2 rings (SSSR count). The summed E-state index contributed by atoms with van der Waals surface area (Å²) in [7, 11) is 1.61. The molecule has 0 unspecified atom stereocenters. The summed E-state index contributed by atoms with van der Waals surface area (Å²) in [6.45, 7) is 2.30. The van der Waals surface area contributed by atoms with Crippen molar-refractivity contribution in [2.45, 2.75) is 18.6 Å². The molecule has 0 bridgehead atoms. The first kappa shape index (κ1) is 18.8. The molecule has 0 saturated heterocycles. The minimum Gasteiger partial charge on any atom is -0.497 e. The Labute approximate surface area is 149 Å². The Morgan fingerprint density at radius 1 is 1.16 bits per heavy atom. The lowest BCUT2D eigenvalue weighted by Crippen LogP contribution is -2.37. The van der Waals surface area contributed by atoms with Gasteiger partial charge in [0.25, 0.3) is 5.22 Å². The molecule has 0 radical (unpaired) electrons. The highest BCUT2D eigenvalue weighted by Crippen LogP contribution is 2.18. The van der Waals surface area contributed by atoms with Crippen LogP contribution in [0, 0.1) is 0 Å². The number of nitrogens with zero attached hydrogens (tertiary/aromatic N) is 2. The van der Waals surface area contributed by atoms with Crippen LogP contribution >= 0.6 is 11.8 Å². The molecule has 8 nitrogen and oxygen atoms in total. The zero-order chi connectivity index (χ0) is 18.1. The van der Waals surface area contributed by atoms with Crippen molar-refractivity contribution in [1.29, 1.82) is 0 Å². The minimum atomic E-state index is -0.272. The zero-order valence-electron chi connectivity index (χ0n) is 14.1. The summed E-state index contributed by atoms with van der Waals surface area (Å²) in [5.74, 6) is 0.856. The number of likely N-dealkylation sites (N-methyl/N-ethyl adjacent to an activating group) is 1. The van der Waals surface area contributed by atoms with Gasteiger partial charge in [0.15, 0.2) is 0 Å². The molecule has 0 fully saturated rings. The van der Waals surface area contributed by atoms with Crippen molar-refractivity contribution in [1.82, 2.24) is 20.8 Å². The quantitative estimate of drug-likeness (QED) is 0.640. The topological polar surface area (TPSA) is 106 Å². The third-order valence-electron chi connectivity index (χ3n) is 3.11. The average molecular weight is 364 g/mol. The van der Waals surface area contributed by atoms with E-state index in [2.05, 4.69) is 20.8 Å². The summed E-state index contributed by atoms with van der Waals surface area (Å²) in [4.78, 5) is 22.9. The Kier molecular flexibility index (Phi) is 7.27. The van der Waals surface area contributed by atoms with Gasteiger partial charge in [-0.2, -0.15) is 0 Å². The summed E-state index contributed by atoms with van der Waals surface area (Å²) in [5.41, 5.74) is 1.01. The second kappa shape index (κ2) is 9.67. The smallest absolute Gasteiger partial charge is 0.277 e. The molecule has 9 heteroatoms. The number of carbonyl (C=O) groups is 2. The Balaban J connectivity index is 1.76. The van der Waals surface area contributed by atoms with E-state index in [-0.39, 0.29) is 24.1 Å². The largest absolute Gasteiger partial charge is 0.497 e. The summed E-state index contributed by atoms with van der Waals surface area (Å²) < 4.78 is 10.6. The lowest BCUT2D eigenvalue weighted by atomic mass is 10.1. The third-order valence-corrected chi connectivity index (χ3v) is 3.93. The number of thioether (sulfide) groups is 1. The molecule has 1 aromatic heterocycles. The van der Waals surface area contributed by atoms with Crippen molar-refractivity contribution in [2.24, 2.45) is 0 Å². The highest BCUT2D eigenvalue weighted by atomic mass is 32.2. The second-order valence-corrected chi connectivity index (χ2v) is 5.93. The highest BCUT2D eigenvalue weighted by molar-refractivity contribution is 7.99. The van der Waals surface area contributed by atoms with E-state index in [0.29, 0.717) is 24.1 Å². The van der Waals surface area contributed by atoms with Crippen LogP contribution in [0.2, 0.25) is 0 Å². The fourth-order valence-electron chi connectivity index (χ4n) is 1.90. The number of aromatic nitrogens is 2. The van der Waals surface area contributed by atoms with Gasteiger partial charge in [0.05, 0.1) is 25.8 Å². The molecule has 134 valence electrons. The molecule has 2 N–H and O–H groups in total. The van der Waals surface area contributed by atoms with Gasteiger partial charge in [-0.05, 0) is 24.6 Å². The van der Waals surface area contributed by atoms with Crippen molar-refractivity contribution in [3.05, 3.63) is 35.7 Å². The number of nitrogens with one attached hydrogen (secondary N) is 2. The van der Waals surface area contributed by atoms with E-state index in [1.165, 1.54) is 0 Å². The molecule has 0 saturated carbocycles. The summed E-state index contributed by atoms with van der Waals surface area (Å²) >= 11 is 1.13. The maximum Gasteiger partial charge on any atom is 0.277 e. The van der Waals surface area contributed by atoms with Gasteiger partial charge in [0.1, 0.15) is 5.75 Å². The van der Waals surface area contributed by atoms with Crippen molar-refractivity contribution >= 4 is 23.6 Å². The van der Waals surface area contributed by atoms with Crippen LogP contribution in [0.4, 0.5) is 0 Å². The Bertz CT molecular complexity index is 702. The number of ether oxygens (including phenoxy) is 1. The summed E-state index contributed by atoms with van der Waals surface area (Å²) in [5, 5.41) is 13.3. The molecule has 25 heavy (non-hydrogen) atoms. The SMILES string of the molecule is CCNC(=O)CNC(=O)CSc1nnc(Cc2ccc(OC)cc2)o1. The number of amides is 2. The van der Waals surface area contributed by atoms with Gasteiger partial charge in [-0.25, -0.2) is 0 Å². The van der Waals surface area contributed by atoms with Crippen molar-refractivity contribution in [3.8, 4) is 5.75 Å². The normalized spacial score (nSPS) is 10.3. The van der Waals surface area contributed by atoms with Crippen LogP contribution in [-0.4, -0.2) is 48.0 Å². The van der Waals surface area contributed by atoms with Gasteiger partial charge >= 0.3 is 0 Å². The first-order valence-corrected chi connectivity index (χ1v) is 8.70. The Morgan fingerprint density at radius 3 is 2.60 bits per heavy atom. The monoisotopic (exact) mass is 364 g/mol. The lowest BCUT2D eigenvalue weighted by molar-refractivity contribution is -0.124. The number of rotatable bonds is 9. The molecule has 0 aliphatic rings. The van der Waals surface area contributed by atoms with E-state index in [9.17, 15) is 9.59 Å². The number of carbonyl (C=O) groups excluding carboxylic acids is 2. The molecule has 0 atom stereocenters. The predicted octanol–water partition coefficient (Wildman–Crippen LogP) is 1.01. The maximum atomic E-state index is 11.7. The molecule has 2 aromatic rings. The van der Waals surface area contributed by atoms with E-state index < -0.39 is 0 Å². The molecule has 1 heterocycles. The maximum absolute atomic E-state index is 11.7. The van der Waals surface area contributed by atoms with Gasteiger partial charge < -0.3 is 19.8 Å². The Morgan fingerprint density at radius 2 is 1.92 bits per heavy atom. The number of benzene rings is 1. The minimum absolute atomic E-state index is 0.0419. The summed E-state index contributed by atoms with van der Waals surface area (Å²) in [6.07, 6.45) is 0.501. The van der Waals surface area contributed by atoms with Crippen molar-refractivity contribution in [2.75, 3.05) is 26.0 Å². The average Bonchev–Trinajstić information content (AvgIpc) is 3.06. The van der Waals surface area contributed by atoms with E-state index in [0.717, 1.165) is 23.1 Å². The molecule has 0 aliphatic carbocycles. The molecule has 0 aliphatic heterocycles. The van der Waals surface area contributed by atoms with Gasteiger partial charge in [-0.1, -0.05) is 23.9 Å². The van der Waals surface area contributed by atoms with Gasteiger partial charge in [0.2, 0.25) is 17.7 Å². The van der Waals surface area contributed by atoms with Gasteiger partial charge in [0, 0.05) is 6.54 Å². The van der Waals surface area contributed by atoms with Gasteiger partial charge in [-0.3, -0.25) is 9.59 Å². The van der Waals surface area contributed by atoms with E-state index in [1.54, 1.807) is 7.11 Å².